The summed E-state index contributed by atoms with van der Waals surface area (Å²) in [7, 11) is 0. The van der Waals surface area contributed by atoms with Crippen molar-refractivity contribution in [3.8, 4) is 0 Å². The monoisotopic (exact) mass is 480 g/mol. The molecule has 1 aliphatic heterocycles. The third-order valence-corrected chi connectivity index (χ3v) is 7.75. The number of aromatic amines is 1. The van der Waals surface area contributed by atoms with Crippen molar-refractivity contribution >= 4 is 40.0 Å². The Morgan fingerprint density at radius 3 is 2.91 bits per heavy atom. The second kappa shape index (κ2) is 8.95. The highest BCUT2D eigenvalue weighted by Gasteiger charge is 2.38. The Morgan fingerprint density at radius 2 is 2.09 bits per heavy atom. The summed E-state index contributed by atoms with van der Waals surface area (Å²) < 4.78 is 0. The normalized spacial score (nSPS) is 22.3. The van der Waals surface area contributed by atoms with Gasteiger partial charge in [-0.25, -0.2) is 9.97 Å². The van der Waals surface area contributed by atoms with E-state index in [9.17, 15) is 9.90 Å². The number of nitrogens with one attached hydrogen (secondary N) is 3. The lowest BCUT2D eigenvalue weighted by Gasteiger charge is -2.24. The predicted molar refractivity (Wildman–Crippen MR) is 130 cm³/mol. The number of fused-ring (bicyclic) bond motifs is 1. The van der Waals surface area contributed by atoms with Crippen molar-refractivity contribution in [2.75, 3.05) is 22.1 Å². The highest BCUT2D eigenvalue weighted by molar-refractivity contribution is 7.13. The van der Waals surface area contributed by atoms with Crippen LogP contribution in [0.25, 0.3) is 0 Å². The first-order valence-corrected chi connectivity index (χ1v) is 12.9. The molecule has 2 atom stereocenters. The second-order valence-electron chi connectivity index (χ2n) is 9.35. The maximum absolute atomic E-state index is 13.0. The van der Waals surface area contributed by atoms with Gasteiger partial charge in [-0.1, -0.05) is 12.8 Å². The van der Waals surface area contributed by atoms with Crippen LogP contribution in [0.1, 0.15) is 61.4 Å². The number of nitrogens with zero attached hydrogens (tertiary/aromatic N) is 5. The van der Waals surface area contributed by atoms with Gasteiger partial charge >= 0.3 is 0 Å². The summed E-state index contributed by atoms with van der Waals surface area (Å²) in [4.78, 5) is 28.6. The minimum absolute atomic E-state index is 0.210. The third kappa shape index (κ3) is 4.14. The van der Waals surface area contributed by atoms with Crippen LogP contribution in [0.5, 0.6) is 0 Å². The quantitative estimate of drug-likeness (QED) is 0.423. The van der Waals surface area contributed by atoms with E-state index in [0.29, 0.717) is 30.0 Å². The molecule has 1 saturated heterocycles. The first-order valence-electron chi connectivity index (χ1n) is 12.0. The highest BCUT2D eigenvalue weighted by Crippen LogP contribution is 2.36. The van der Waals surface area contributed by atoms with Gasteiger partial charge in [0.15, 0.2) is 10.9 Å². The molecule has 3 aromatic heterocycles. The van der Waals surface area contributed by atoms with Crippen LogP contribution in [-0.4, -0.2) is 54.9 Å². The van der Waals surface area contributed by atoms with E-state index in [1.165, 1.54) is 42.7 Å². The Bertz CT molecular complexity index is 1170. The number of amides is 1. The van der Waals surface area contributed by atoms with Gasteiger partial charge in [0.25, 0.3) is 0 Å². The maximum Gasteiger partial charge on any atom is 0.249 e. The van der Waals surface area contributed by atoms with Crippen molar-refractivity contribution in [3.63, 3.8) is 0 Å². The van der Waals surface area contributed by atoms with Crippen LogP contribution < -0.4 is 15.5 Å². The van der Waals surface area contributed by atoms with E-state index in [1.54, 1.807) is 6.20 Å². The number of aryl methyl sites for hydroxylation is 1. The number of H-pyrrole nitrogens is 1. The number of carbonyl (C=O) groups excluding carboxylic acids is 1. The average Bonchev–Trinajstić information content (AvgIpc) is 3.64. The summed E-state index contributed by atoms with van der Waals surface area (Å²) in [5, 5.41) is 26.7. The molecule has 178 valence electrons. The zero-order valence-corrected chi connectivity index (χ0v) is 19.6. The fourth-order valence-corrected chi connectivity index (χ4v) is 5.91. The van der Waals surface area contributed by atoms with Crippen molar-refractivity contribution < 1.29 is 9.90 Å². The Hall–Kier alpha value is -3.05. The molecule has 0 unspecified atom stereocenters. The molecule has 4 heterocycles. The van der Waals surface area contributed by atoms with E-state index in [-0.39, 0.29) is 5.91 Å². The van der Waals surface area contributed by atoms with Crippen LogP contribution in [0.3, 0.4) is 0 Å². The average molecular weight is 481 g/mol. The molecular formula is C23H28N8O2S. The Morgan fingerprint density at radius 1 is 1.21 bits per heavy atom. The van der Waals surface area contributed by atoms with Gasteiger partial charge in [-0.2, -0.15) is 10.1 Å². The number of aliphatic hydroxyl groups is 1. The molecule has 1 saturated carbocycles. The van der Waals surface area contributed by atoms with Gasteiger partial charge in [0.2, 0.25) is 11.9 Å². The number of hydrogen-bond acceptors (Lipinski definition) is 9. The van der Waals surface area contributed by atoms with Crippen LogP contribution in [-0.2, 0) is 17.6 Å². The fourth-order valence-electron chi connectivity index (χ4n) is 5.38. The number of β-amino-alcohol motifs (C(OH)–C–C–N with tert-alkyl or cyclic N) is 1. The predicted octanol–water partition coefficient (Wildman–Crippen LogP) is 3.12. The number of rotatable bonds is 6. The van der Waals surface area contributed by atoms with E-state index >= 15 is 0 Å². The molecule has 6 rings (SSSR count). The van der Waals surface area contributed by atoms with Crippen LogP contribution in [0.2, 0.25) is 0 Å². The van der Waals surface area contributed by atoms with E-state index in [4.69, 9.17) is 9.97 Å². The molecule has 34 heavy (non-hydrogen) atoms. The minimum atomic E-state index is -0.624. The summed E-state index contributed by atoms with van der Waals surface area (Å²) in [6.45, 7) is 0.308. The van der Waals surface area contributed by atoms with E-state index in [1.807, 2.05) is 10.3 Å². The van der Waals surface area contributed by atoms with Gasteiger partial charge in [-0.3, -0.25) is 9.89 Å². The van der Waals surface area contributed by atoms with Gasteiger partial charge in [-0.15, -0.1) is 11.3 Å². The smallest absolute Gasteiger partial charge is 0.249 e. The second-order valence-corrected chi connectivity index (χ2v) is 10.2. The molecule has 0 aromatic carbocycles. The Kier molecular flexibility index (Phi) is 5.66. The number of anilines is 4. The molecule has 0 spiro atoms. The number of carbonyl (C=O) groups is 1. The lowest BCUT2D eigenvalue weighted by molar-refractivity contribution is -0.117. The van der Waals surface area contributed by atoms with E-state index < -0.39 is 12.1 Å². The zero-order chi connectivity index (χ0) is 23.1. The summed E-state index contributed by atoms with van der Waals surface area (Å²) in [6.07, 6.45) is 9.11. The van der Waals surface area contributed by atoms with Crippen molar-refractivity contribution in [1.29, 1.82) is 0 Å². The summed E-state index contributed by atoms with van der Waals surface area (Å²) in [5.74, 6) is 2.30. The molecule has 3 aliphatic rings. The lowest BCUT2D eigenvalue weighted by atomic mass is 10.0. The molecule has 2 aliphatic carbocycles. The largest absolute Gasteiger partial charge is 0.391 e. The Labute approximate surface area is 201 Å². The number of thiazole rings is 1. The van der Waals surface area contributed by atoms with Gasteiger partial charge in [-0.05, 0) is 32.1 Å². The van der Waals surface area contributed by atoms with Crippen molar-refractivity contribution in [2.24, 2.45) is 0 Å². The lowest BCUT2D eigenvalue weighted by Crippen LogP contribution is -2.40. The maximum atomic E-state index is 13.0. The van der Waals surface area contributed by atoms with E-state index in [0.717, 1.165) is 42.2 Å². The molecule has 0 radical (unpaired) electrons. The van der Waals surface area contributed by atoms with Gasteiger partial charge in [0.1, 0.15) is 11.9 Å². The molecule has 0 bridgehead atoms. The van der Waals surface area contributed by atoms with Gasteiger partial charge in [0, 0.05) is 47.8 Å². The van der Waals surface area contributed by atoms with Crippen molar-refractivity contribution in [3.05, 3.63) is 34.6 Å². The van der Waals surface area contributed by atoms with Crippen LogP contribution in [0, 0.1) is 0 Å². The fraction of sp³-hybridized carbons (Fsp3) is 0.522. The summed E-state index contributed by atoms with van der Waals surface area (Å²) in [5.41, 5.74) is 3.28. The molecule has 2 fully saturated rings. The molecule has 4 N–H and O–H groups in total. The summed E-state index contributed by atoms with van der Waals surface area (Å²) >= 11 is 1.36. The van der Waals surface area contributed by atoms with Crippen LogP contribution in [0.4, 0.5) is 22.7 Å². The molecule has 10 nitrogen and oxygen atoms in total. The van der Waals surface area contributed by atoms with Crippen LogP contribution >= 0.6 is 11.3 Å². The molecule has 11 heteroatoms. The molecule has 1 amide bonds. The van der Waals surface area contributed by atoms with Crippen molar-refractivity contribution in [2.45, 2.75) is 69.4 Å². The zero-order valence-electron chi connectivity index (χ0n) is 18.8. The molecular weight excluding hydrogens is 452 g/mol. The number of aromatic nitrogens is 5. The third-order valence-electron chi connectivity index (χ3n) is 7.06. The highest BCUT2D eigenvalue weighted by atomic mass is 32.1. The standard InChI is InChI=1S/C23H28N8O2S/c32-14-10-18(21(33)28-23-24-8-9-34-23)31(12-14)22-25-16-7-3-6-15(16)20(27-22)26-19-11-17(29-30-19)13-4-1-2-5-13/h8-9,11,13-14,18,32H,1-7,10,12H2,(H,24,28,33)(H2,25,26,27,29,30)/t14-,18+/m0/s1. The SMILES string of the molecule is O=C(Nc1nccs1)[C@H]1C[C@H](O)CN1c1nc2c(c(Nc3cc(C4CCCC4)[nH]n3)n1)CCC2. The van der Waals surface area contributed by atoms with Crippen LogP contribution in [0.15, 0.2) is 17.6 Å². The Balaban J connectivity index is 1.27. The number of hydrogen-bond donors (Lipinski definition) is 4. The first kappa shape index (κ1) is 21.5. The van der Waals surface area contributed by atoms with Crippen molar-refractivity contribution in [1.82, 2.24) is 25.1 Å². The van der Waals surface area contributed by atoms with E-state index in [2.05, 4.69) is 31.9 Å². The first-order chi connectivity index (χ1) is 16.6. The summed E-state index contributed by atoms with van der Waals surface area (Å²) in [6, 6.07) is 1.52. The van der Waals surface area contributed by atoms with Gasteiger partial charge in [0.05, 0.1) is 11.8 Å². The molecule has 3 aromatic rings. The topological polar surface area (TPSA) is 132 Å². The number of aliphatic hydroxyl groups excluding tert-OH is 1. The van der Waals surface area contributed by atoms with Gasteiger partial charge < -0.3 is 20.6 Å². The minimum Gasteiger partial charge on any atom is -0.391 e.